The fourth-order valence-electron chi connectivity index (χ4n) is 2.89. The summed E-state index contributed by atoms with van der Waals surface area (Å²) >= 11 is 12.7. The van der Waals surface area contributed by atoms with Gasteiger partial charge in [0.2, 0.25) is 5.82 Å². The van der Waals surface area contributed by atoms with Gasteiger partial charge in [-0.25, -0.2) is 4.79 Å². The number of halogens is 2. The molecule has 3 N–H and O–H groups in total. The number of hydrogen-bond acceptors (Lipinski definition) is 6. The van der Waals surface area contributed by atoms with E-state index in [2.05, 4.69) is 15.1 Å². The predicted molar refractivity (Wildman–Crippen MR) is 116 cm³/mol. The lowest BCUT2D eigenvalue weighted by molar-refractivity contribution is 0.483. The number of hydrogen-bond donors (Lipinski definition) is 2. The first-order valence-corrected chi connectivity index (χ1v) is 9.53. The molecule has 0 aliphatic heterocycles. The van der Waals surface area contributed by atoms with Crippen molar-refractivity contribution in [2.45, 2.75) is 13.8 Å². The third-order valence-corrected chi connectivity index (χ3v) is 5.09. The molecular formula is C20H15Cl2N5O3. The zero-order chi connectivity index (χ0) is 21.6. The molecule has 152 valence electrons. The van der Waals surface area contributed by atoms with E-state index < -0.39 is 11.2 Å². The predicted octanol–water partition coefficient (Wildman–Crippen LogP) is 3.77. The number of aromatic amines is 1. The van der Waals surface area contributed by atoms with Crippen molar-refractivity contribution in [1.29, 1.82) is 0 Å². The minimum atomic E-state index is -0.775. The second-order valence-corrected chi connectivity index (χ2v) is 7.46. The number of fused-ring (bicyclic) bond motifs is 1. The van der Waals surface area contributed by atoms with Crippen molar-refractivity contribution in [1.82, 2.24) is 19.7 Å². The van der Waals surface area contributed by atoms with Crippen molar-refractivity contribution in [3.05, 3.63) is 78.5 Å². The summed E-state index contributed by atoms with van der Waals surface area (Å²) in [5.41, 5.74) is 7.04. The maximum Gasteiger partial charge on any atom is 0.349 e. The van der Waals surface area contributed by atoms with Crippen LogP contribution in [0.2, 0.25) is 10.0 Å². The van der Waals surface area contributed by atoms with Crippen LogP contribution in [0.1, 0.15) is 11.3 Å². The topological polar surface area (TPSA) is 116 Å². The molecule has 0 bridgehead atoms. The lowest BCUT2D eigenvalue weighted by Gasteiger charge is -2.13. The quantitative estimate of drug-likeness (QED) is 0.497. The lowest BCUT2D eigenvalue weighted by Crippen LogP contribution is -2.33. The van der Waals surface area contributed by atoms with Gasteiger partial charge in [0, 0.05) is 11.1 Å². The summed E-state index contributed by atoms with van der Waals surface area (Å²) in [5.74, 6) is 0.369. The Morgan fingerprint density at radius 3 is 2.47 bits per heavy atom. The summed E-state index contributed by atoms with van der Waals surface area (Å²) in [6.45, 7) is 3.94. The Hall–Kier alpha value is -3.36. The standard InChI is InChI=1S/C20H15Cl2N5O3/c1-9-5-11-6-13(3-4-16(11)24-10(9)2)30-17-14(21)7-12(8-15(17)22)27-20(29)25-19(28)18(23)26-27/h3-8H,1-2H3,(H2,23,26)(H,25,28,29). The summed E-state index contributed by atoms with van der Waals surface area (Å²) in [5, 5.41) is 4.97. The molecule has 0 saturated carbocycles. The number of benzene rings is 2. The first-order valence-electron chi connectivity index (χ1n) is 8.77. The average Bonchev–Trinajstić information content (AvgIpc) is 2.68. The van der Waals surface area contributed by atoms with Gasteiger partial charge in [-0.1, -0.05) is 23.2 Å². The van der Waals surface area contributed by atoms with Crippen LogP contribution < -0.4 is 21.7 Å². The van der Waals surface area contributed by atoms with Gasteiger partial charge in [-0.2, -0.15) is 4.68 Å². The van der Waals surface area contributed by atoms with Crippen LogP contribution in [0, 0.1) is 13.8 Å². The molecule has 0 aliphatic carbocycles. The summed E-state index contributed by atoms with van der Waals surface area (Å²) in [6.07, 6.45) is 0. The number of ether oxygens (including phenoxy) is 1. The number of nitrogens with zero attached hydrogens (tertiary/aromatic N) is 3. The van der Waals surface area contributed by atoms with E-state index >= 15 is 0 Å². The van der Waals surface area contributed by atoms with E-state index in [1.54, 1.807) is 6.07 Å². The first-order chi connectivity index (χ1) is 14.2. The van der Waals surface area contributed by atoms with E-state index in [1.165, 1.54) is 12.1 Å². The Balaban J connectivity index is 1.74. The van der Waals surface area contributed by atoms with Crippen molar-refractivity contribution < 1.29 is 4.74 Å². The number of anilines is 1. The second kappa shape index (κ2) is 7.47. The van der Waals surface area contributed by atoms with E-state index in [-0.39, 0.29) is 27.3 Å². The van der Waals surface area contributed by atoms with Crippen LogP contribution in [-0.4, -0.2) is 19.7 Å². The van der Waals surface area contributed by atoms with E-state index in [0.717, 1.165) is 26.8 Å². The third-order valence-electron chi connectivity index (χ3n) is 4.53. The molecular weight excluding hydrogens is 429 g/mol. The Morgan fingerprint density at radius 1 is 1.07 bits per heavy atom. The Morgan fingerprint density at radius 2 is 1.77 bits per heavy atom. The van der Waals surface area contributed by atoms with Crippen molar-refractivity contribution in [3.63, 3.8) is 0 Å². The maximum absolute atomic E-state index is 12.0. The van der Waals surface area contributed by atoms with E-state index in [4.69, 9.17) is 33.7 Å². The molecule has 2 aromatic carbocycles. The number of aromatic nitrogens is 4. The zero-order valence-electron chi connectivity index (χ0n) is 15.9. The van der Waals surface area contributed by atoms with Crippen molar-refractivity contribution >= 4 is 39.9 Å². The molecule has 4 rings (SSSR count). The highest BCUT2D eigenvalue weighted by molar-refractivity contribution is 6.37. The van der Waals surface area contributed by atoms with Crippen molar-refractivity contribution in [3.8, 4) is 17.2 Å². The van der Waals surface area contributed by atoms with Gasteiger partial charge in [-0.15, -0.1) is 5.10 Å². The Kier molecular flexibility index (Phi) is 4.97. The van der Waals surface area contributed by atoms with Crippen LogP contribution >= 0.6 is 23.2 Å². The van der Waals surface area contributed by atoms with Crippen LogP contribution in [-0.2, 0) is 0 Å². The van der Waals surface area contributed by atoms with E-state index in [0.29, 0.717) is 5.75 Å². The molecule has 30 heavy (non-hydrogen) atoms. The molecule has 2 heterocycles. The van der Waals surface area contributed by atoms with Gasteiger partial charge >= 0.3 is 5.69 Å². The normalized spacial score (nSPS) is 11.1. The second-order valence-electron chi connectivity index (χ2n) is 6.64. The molecule has 2 aromatic heterocycles. The summed E-state index contributed by atoms with van der Waals surface area (Å²) in [4.78, 5) is 30.1. The number of nitrogens with one attached hydrogen (secondary N) is 1. The molecule has 0 fully saturated rings. The molecule has 0 spiro atoms. The lowest BCUT2D eigenvalue weighted by atomic mass is 10.1. The number of rotatable bonds is 3. The minimum absolute atomic E-state index is 0.147. The smallest absolute Gasteiger partial charge is 0.349 e. The van der Waals surface area contributed by atoms with Crippen LogP contribution in [0.4, 0.5) is 5.82 Å². The summed E-state index contributed by atoms with van der Waals surface area (Å²) in [6, 6.07) is 10.3. The SMILES string of the molecule is Cc1cc2cc(Oc3c(Cl)cc(-n4nc(N)c(=O)[nH]c4=O)cc3Cl)ccc2nc1C. The highest BCUT2D eigenvalue weighted by Gasteiger charge is 2.15. The molecule has 4 aromatic rings. The van der Waals surface area contributed by atoms with Gasteiger partial charge in [0.05, 0.1) is 21.2 Å². The summed E-state index contributed by atoms with van der Waals surface area (Å²) < 4.78 is 6.79. The number of H-pyrrole nitrogens is 1. The third kappa shape index (κ3) is 3.62. The van der Waals surface area contributed by atoms with Crippen LogP contribution in [0.25, 0.3) is 16.6 Å². The number of nitrogen functional groups attached to an aromatic ring is 1. The van der Waals surface area contributed by atoms with Gasteiger partial charge in [0.25, 0.3) is 5.56 Å². The fraction of sp³-hybridized carbons (Fsp3) is 0.100. The molecule has 0 unspecified atom stereocenters. The van der Waals surface area contributed by atoms with Crippen LogP contribution in [0.5, 0.6) is 11.5 Å². The van der Waals surface area contributed by atoms with Gasteiger partial charge < -0.3 is 10.5 Å². The maximum atomic E-state index is 12.0. The Labute approximate surface area is 179 Å². The number of pyridine rings is 1. The summed E-state index contributed by atoms with van der Waals surface area (Å²) in [7, 11) is 0. The average molecular weight is 444 g/mol. The van der Waals surface area contributed by atoms with Gasteiger partial charge in [0.1, 0.15) is 5.75 Å². The molecule has 0 aliphatic rings. The molecule has 0 amide bonds. The fourth-order valence-corrected chi connectivity index (χ4v) is 3.44. The minimum Gasteiger partial charge on any atom is -0.454 e. The first kappa shape index (κ1) is 19.9. The molecule has 10 heteroatoms. The van der Waals surface area contributed by atoms with E-state index in [9.17, 15) is 9.59 Å². The Bertz CT molecular complexity index is 1410. The van der Waals surface area contributed by atoms with Gasteiger partial charge in [0.15, 0.2) is 5.75 Å². The number of aryl methyl sites for hydroxylation is 2. The molecule has 0 atom stereocenters. The molecule has 0 saturated heterocycles. The van der Waals surface area contributed by atoms with E-state index in [1.807, 2.05) is 32.0 Å². The largest absolute Gasteiger partial charge is 0.454 e. The number of nitrogens with two attached hydrogens (primary N) is 1. The monoisotopic (exact) mass is 443 g/mol. The van der Waals surface area contributed by atoms with Gasteiger partial charge in [-0.05, 0) is 55.8 Å². The zero-order valence-corrected chi connectivity index (χ0v) is 17.4. The van der Waals surface area contributed by atoms with Gasteiger partial charge in [-0.3, -0.25) is 14.8 Å². The highest BCUT2D eigenvalue weighted by Crippen LogP contribution is 2.38. The molecule has 8 nitrogen and oxygen atoms in total. The van der Waals surface area contributed by atoms with Crippen molar-refractivity contribution in [2.75, 3.05) is 5.73 Å². The molecule has 0 radical (unpaired) electrons. The van der Waals surface area contributed by atoms with Crippen molar-refractivity contribution in [2.24, 2.45) is 0 Å². The highest BCUT2D eigenvalue weighted by atomic mass is 35.5. The van der Waals surface area contributed by atoms with Crippen LogP contribution in [0.3, 0.4) is 0 Å². The van der Waals surface area contributed by atoms with Crippen LogP contribution in [0.15, 0.2) is 46.0 Å².